The minimum Gasteiger partial charge on any atom is -0.495 e. The second kappa shape index (κ2) is 22.0. The summed E-state index contributed by atoms with van der Waals surface area (Å²) in [5.41, 5.74) is 1.08. The quantitative estimate of drug-likeness (QED) is 0.0448. The highest BCUT2D eigenvalue weighted by atomic mass is 35.5. The molecule has 1 aromatic carbocycles. The number of nitrogens with zero attached hydrogens (tertiary/aromatic N) is 6. The summed E-state index contributed by atoms with van der Waals surface area (Å²) in [5, 5.41) is 31.5. The van der Waals surface area contributed by atoms with Crippen molar-refractivity contribution < 1.29 is 48.8 Å². The van der Waals surface area contributed by atoms with Crippen LogP contribution < -0.4 is 20.3 Å². The third kappa shape index (κ3) is 15.0. The molecule has 2 aromatic heterocycles. The molecule has 1 fully saturated rings. The van der Waals surface area contributed by atoms with E-state index in [1.807, 2.05) is 11.0 Å². The minimum atomic E-state index is -1.26. The van der Waals surface area contributed by atoms with Gasteiger partial charge in [0, 0.05) is 50.3 Å². The van der Waals surface area contributed by atoms with Gasteiger partial charge >= 0.3 is 17.9 Å². The van der Waals surface area contributed by atoms with Crippen LogP contribution in [0.5, 0.6) is 5.75 Å². The summed E-state index contributed by atoms with van der Waals surface area (Å²) >= 11 is 6.31. The molecule has 0 saturated carbocycles. The van der Waals surface area contributed by atoms with Crippen LogP contribution in [0.1, 0.15) is 60.3 Å². The largest absolute Gasteiger partial charge is 0.495 e. The van der Waals surface area contributed by atoms with Crippen molar-refractivity contribution in [1.29, 1.82) is 0 Å². The molecule has 0 bridgehead atoms. The number of unbranched alkanes of at least 4 members (excludes halogenated alkanes) is 2. The van der Waals surface area contributed by atoms with Crippen LogP contribution in [-0.4, -0.2) is 92.0 Å². The number of methoxy groups -OCH3 is 1. The molecule has 4 rings (SSSR count). The van der Waals surface area contributed by atoms with Gasteiger partial charge in [-0.1, -0.05) is 24.1 Å². The predicted molar refractivity (Wildman–Crippen MR) is 188 cm³/mol. The van der Waals surface area contributed by atoms with Crippen molar-refractivity contribution in [2.75, 3.05) is 37.1 Å². The monoisotopic (exact) mass is 758 g/mol. The zero-order valence-electron chi connectivity index (χ0n) is 28.7. The smallest absolute Gasteiger partial charge is 0.328 e. The molecule has 284 valence electrons. The lowest BCUT2D eigenvalue weighted by Crippen LogP contribution is -2.35. The van der Waals surface area contributed by atoms with Crippen molar-refractivity contribution in [1.82, 2.24) is 25.3 Å². The van der Waals surface area contributed by atoms with Gasteiger partial charge in [0.2, 0.25) is 5.95 Å². The van der Waals surface area contributed by atoms with Crippen molar-refractivity contribution in [3.63, 3.8) is 0 Å². The molecule has 1 aliphatic heterocycles. The van der Waals surface area contributed by atoms with Gasteiger partial charge < -0.3 is 40.1 Å². The summed E-state index contributed by atoms with van der Waals surface area (Å²) in [6.07, 6.45) is 9.27. The molecule has 4 N–H and O–H groups in total. The number of aromatic nitrogens is 4. The van der Waals surface area contributed by atoms with Crippen molar-refractivity contribution in [3.8, 4) is 5.75 Å². The minimum absolute atomic E-state index is 0.00562. The Bertz CT molecular complexity index is 1720. The Morgan fingerprint density at radius 1 is 1.08 bits per heavy atom. The molecule has 3 aromatic rings. The molecule has 0 radical (unpaired) electrons. The Labute approximate surface area is 308 Å². The first-order valence-corrected chi connectivity index (χ1v) is 16.7. The first-order chi connectivity index (χ1) is 25.5. The lowest BCUT2D eigenvalue weighted by molar-refractivity contribution is -0.757. The number of nitrogens with one attached hydrogen (secondary N) is 2. The van der Waals surface area contributed by atoms with E-state index in [-0.39, 0.29) is 43.8 Å². The predicted octanol–water partition coefficient (Wildman–Crippen LogP) is 3.46. The Hall–Kier alpha value is -6.11. The maximum absolute atomic E-state index is 13.2. The third-order valence-electron chi connectivity index (χ3n) is 7.38. The number of aliphatic carboxylic acids is 2. The number of halogens is 1. The number of esters is 1. The Kier molecular flexibility index (Phi) is 17.1. The van der Waals surface area contributed by atoms with Crippen LogP contribution in [0.4, 0.5) is 11.8 Å². The van der Waals surface area contributed by atoms with E-state index in [4.69, 9.17) is 36.3 Å². The van der Waals surface area contributed by atoms with Crippen LogP contribution >= 0.6 is 11.6 Å². The van der Waals surface area contributed by atoms with Crippen LogP contribution in [-0.2, 0) is 37.0 Å². The highest BCUT2D eigenvalue weighted by molar-refractivity contribution is 6.32. The molecule has 0 aliphatic carbocycles. The first kappa shape index (κ1) is 41.3. The topological polar surface area (TPSA) is 258 Å². The van der Waals surface area contributed by atoms with Gasteiger partial charge in [0.1, 0.15) is 29.6 Å². The summed E-state index contributed by atoms with van der Waals surface area (Å²) in [6.45, 7) is 1.27. The normalized spacial score (nSPS) is 13.4. The molecule has 1 aliphatic rings. The summed E-state index contributed by atoms with van der Waals surface area (Å²) in [6, 6.07) is 6.95. The van der Waals surface area contributed by atoms with Gasteiger partial charge in [-0.2, -0.15) is 4.98 Å². The zero-order valence-corrected chi connectivity index (χ0v) is 29.4. The molecular weight excluding hydrogens is 720 g/mol. The van der Waals surface area contributed by atoms with Gasteiger partial charge in [0.15, 0.2) is 0 Å². The molecule has 20 heteroatoms. The number of carbonyl (C=O) groups is 4. The van der Waals surface area contributed by atoms with E-state index in [2.05, 4.69) is 30.4 Å². The number of ether oxygens (including phenoxy) is 2. The molecule has 1 saturated heterocycles. The van der Waals surface area contributed by atoms with E-state index in [0.29, 0.717) is 72.9 Å². The standard InChI is InChI=1S/C29H35ClN8O7.C4H4O4/c1-43-24-10-9-20(15-23(24)30)16-33-27-22(28(40)34-18-25-31-11-6-12-32-25)17-35-29(36-27)37-13-5-7-21(37)19-44-26(39)8-3-2-4-14-45-38(41)42;5-3(6)1-2-4(7)8/h6,9-12,15,17,21H,2-5,7-8,13-14,16,18-19H2,1H3,(H,34,40)(H,33,35,36);1-2H,(H,5,6)(H,7,8)/b;2-1+. The van der Waals surface area contributed by atoms with E-state index < -0.39 is 22.9 Å². The van der Waals surface area contributed by atoms with Crippen LogP contribution in [0.25, 0.3) is 0 Å². The number of hydrogen-bond donors (Lipinski definition) is 4. The number of hydrogen-bond acceptors (Lipinski definition) is 15. The lowest BCUT2D eigenvalue weighted by atomic mass is 10.2. The molecule has 19 nitrogen and oxygen atoms in total. The molecule has 0 spiro atoms. The van der Waals surface area contributed by atoms with Gasteiger partial charge in [-0.05, 0) is 49.4 Å². The molecule has 1 atom stereocenters. The Balaban J connectivity index is 0.000000846. The van der Waals surface area contributed by atoms with Crippen molar-refractivity contribution in [3.05, 3.63) is 87.1 Å². The van der Waals surface area contributed by atoms with E-state index in [1.54, 1.807) is 37.7 Å². The average Bonchev–Trinajstić information content (AvgIpc) is 3.62. The highest BCUT2D eigenvalue weighted by Gasteiger charge is 2.29. The molecule has 1 amide bonds. The van der Waals surface area contributed by atoms with Gasteiger partial charge in [0.05, 0.1) is 31.3 Å². The average molecular weight is 759 g/mol. The number of rotatable bonds is 19. The van der Waals surface area contributed by atoms with Gasteiger partial charge in [0.25, 0.3) is 11.0 Å². The fourth-order valence-corrected chi connectivity index (χ4v) is 5.14. The number of amides is 1. The number of carboxylic acids is 2. The number of benzene rings is 1. The Morgan fingerprint density at radius 3 is 2.47 bits per heavy atom. The second-order valence-electron chi connectivity index (χ2n) is 11.2. The third-order valence-corrected chi connectivity index (χ3v) is 7.68. The summed E-state index contributed by atoms with van der Waals surface area (Å²) < 4.78 is 10.8. The van der Waals surface area contributed by atoms with E-state index >= 15 is 0 Å². The highest BCUT2D eigenvalue weighted by Crippen LogP contribution is 2.27. The van der Waals surface area contributed by atoms with Crippen molar-refractivity contribution >= 4 is 47.2 Å². The number of carboxylic acid groups (broad SMARTS) is 2. The van der Waals surface area contributed by atoms with Crippen molar-refractivity contribution in [2.45, 2.75) is 57.7 Å². The maximum atomic E-state index is 13.2. The molecular formula is C33H39ClN8O11. The maximum Gasteiger partial charge on any atom is 0.328 e. The van der Waals surface area contributed by atoms with E-state index in [0.717, 1.165) is 18.4 Å². The zero-order chi connectivity index (χ0) is 38.6. The van der Waals surface area contributed by atoms with Crippen LogP contribution in [0, 0.1) is 10.1 Å². The molecule has 3 heterocycles. The molecule has 53 heavy (non-hydrogen) atoms. The summed E-state index contributed by atoms with van der Waals surface area (Å²) in [7, 11) is 1.54. The fourth-order valence-electron chi connectivity index (χ4n) is 4.86. The fraction of sp³-hybridized carbons (Fsp3) is 0.394. The number of carbonyl (C=O) groups excluding carboxylic acids is 2. The van der Waals surface area contributed by atoms with Gasteiger partial charge in [-0.3, -0.25) is 9.59 Å². The van der Waals surface area contributed by atoms with Gasteiger partial charge in [-0.25, -0.2) is 24.5 Å². The SMILES string of the molecule is COc1ccc(CNc2nc(N3CCCC3COC(=O)CCCCCO[N+](=O)[O-])ncc2C(=O)NCc2ncccn2)cc1Cl.O=C(O)/C=C/C(=O)O. The van der Waals surface area contributed by atoms with Gasteiger partial charge in [-0.15, -0.1) is 10.1 Å². The first-order valence-electron chi connectivity index (χ1n) is 16.3. The van der Waals surface area contributed by atoms with Crippen LogP contribution in [0.3, 0.4) is 0 Å². The van der Waals surface area contributed by atoms with Crippen LogP contribution in [0.2, 0.25) is 5.02 Å². The molecule has 1 unspecified atom stereocenters. The number of anilines is 2. The lowest BCUT2D eigenvalue weighted by Gasteiger charge is -2.25. The summed E-state index contributed by atoms with van der Waals surface area (Å²) in [5.74, 6) is -1.52. The van der Waals surface area contributed by atoms with E-state index in [1.165, 1.54) is 6.20 Å². The van der Waals surface area contributed by atoms with Crippen LogP contribution in [0.15, 0.2) is 55.0 Å². The summed E-state index contributed by atoms with van der Waals surface area (Å²) in [4.78, 5) is 78.6. The van der Waals surface area contributed by atoms with E-state index in [9.17, 15) is 29.3 Å². The second-order valence-corrected chi connectivity index (χ2v) is 11.6. The van der Waals surface area contributed by atoms with Crippen molar-refractivity contribution in [2.24, 2.45) is 0 Å². The Morgan fingerprint density at radius 2 is 1.81 bits per heavy atom.